The van der Waals surface area contributed by atoms with Gasteiger partial charge in [-0.25, -0.2) is 29.1 Å². The molecule has 2 N–H and O–H groups in total. The highest BCUT2D eigenvalue weighted by atomic mass is 35.5. The molecule has 2 atom stereocenters. The Morgan fingerprint density at radius 1 is 0.591 bits per heavy atom. The predicted molar refractivity (Wildman–Crippen MR) is 326 cm³/mol. The van der Waals surface area contributed by atoms with E-state index in [4.69, 9.17) is 35.4 Å². The summed E-state index contributed by atoms with van der Waals surface area (Å²) in [6.07, 6.45) is -9.47. The monoisotopic (exact) mass is 1250 g/mol. The van der Waals surface area contributed by atoms with E-state index in [2.05, 4.69) is 25.4 Å². The summed E-state index contributed by atoms with van der Waals surface area (Å²) in [5.74, 6) is 1.61. The topological polar surface area (TPSA) is 181 Å². The zero-order valence-corrected chi connectivity index (χ0v) is 51.8. The number of morpholine rings is 2. The molecule has 7 aliphatic heterocycles. The summed E-state index contributed by atoms with van der Waals surface area (Å²) in [5.41, 5.74) is 4.61. The number of rotatable bonds is 10. The smallest absolute Gasteiger partial charge is 0.399 e. The van der Waals surface area contributed by atoms with Gasteiger partial charge in [-0.3, -0.25) is 9.80 Å². The normalized spacial score (nSPS) is 21.2. The van der Waals surface area contributed by atoms with Crippen LogP contribution in [0.4, 0.5) is 80.2 Å². The van der Waals surface area contributed by atoms with Crippen LogP contribution in [0.25, 0.3) is 11.1 Å². The van der Waals surface area contributed by atoms with Crippen molar-refractivity contribution in [3.8, 4) is 11.1 Å². The largest absolute Gasteiger partial charge is 0.495 e. The quantitative estimate of drug-likeness (QED) is 0.114. The van der Waals surface area contributed by atoms with Crippen molar-refractivity contribution in [2.45, 2.75) is 90.8 Å². The summed E-state index contributed by atoms with van der Waals surface area (Å²) in [6.45, 7) is 20.6. The lowest BCUT2D eigenvalue weighted by Gasteiger charge is -2.32. The fourth-order valence-electron chi connectivity index (χ4n) is 11.4. The van der Waals surface area contributed by atoms with Gasteiger partial charge < -0.3 is 58.8 Å². The van der Waals surface area contributed by atoms with Crippen molar-refractivity contribution in [2.75, 3.05) is 149 Å². The van der Waals surface area contributed by atoms with Gasteiger partial charge in [-0.2, -0.15) is 26.3 Å². The number of carbonyl (C=O) groups is 4. The molecule has 28 heteroatoms. The number of ether oxygens (including phenoxy) is 2. The molecule has 0 spiro atoms. The molecule has 7 saturated heterocycles. The van der Waals surface area contributed by atoms with Crippen LogP contribution in [0.1, 0.15) is 64.5 Å². The number of nitrogens with one attached hydrogen (secondary N) is 2. The number of hydrogen-bond donors (Lipinski definition) is 2. The zero-order valence-electron chi connectivity index (χ0n) is 51.0. The Morgan fingerprint density at radius 2 is 1.01 bits per heavy atom. The van der Waals surface area contributed by atoms with Gasteiger partial charge >= 0.3 is 43.6 Å². The third kappa shape index (κ3) is 16.3. The Hall–Kier alpha value is -6.81. The second-order valence-corrected chi connectivity index (χ2v) is 24.8. The molecule has 88 heavy (non-hydrogen) atoms. The molecule has 2 aromatic carbocycles. The highest BCUT2D eigenvalue weighted by Gasteiger charge is 2.52. The molecular weight excluding hydrogens is 1180 g/mol. The number of urea groups is 4. The highest BCUT2D eigenvalue weighted by molar-refractivity contribution is 6.62. The lowest BCUT2D eigenvalue weighted by atomic mass is 9.76. The minimum Gasteiger partial charge on any atom is -0.399 e. The van der Waals surface area contributed by atoms with Crippen LogP contribution in [0, 0.1) is 25.7 Å². The number of pyridine rings is 2. The van der Waals surface area contributed by atoms with Gasteiger partial charge in [-0.05, 0) is 137 Å². The molecule has 478 valence electrons. The maximum absolute atomic E-state index is 12.9. The highest BCUT2D eigenvalue weighted by Crippen LogP contribution is 2.39. The Morgan fingerprint density at radius 3 is 1.47 bits per heavy atom. The van der Waals surface area contributed by atoms with E-state index in [-0.39, 0.29) is 25.2 Å². The summed E-state index contributed by atoms with van der Waals surface area (Å²) >= 11 is 6.18. The average molecular weight is 1260 g/mol. The average Bonchev–Trinajstić information content (AvgIpc) is 2.62. The van der Waals surface area contributed by atoms with Gasteiger partial charge in [0, 0.05) is 122 Å². The van der Waals surface area contributed by atoms with Gasteiger partial charge in [-0.15, -0.1) is 0 Å². The van der Waals surface area contributed by atoms with E-state index in [1.807, 2.05) is 77.9 Å². The standard InChI is InChI=1S/C27H33F3N6O3.C20H28BF3N2O3.C13H17ClN4O2/c1-18-3-4-21(31-25(37)35-6-5-19(17-35)16-27(28,29)30)15-22(18)20-13-23(34-9-11-39-12-10-34)32-24(14-20)36-8-7-33(2)26(36)38;1-13-6-7-15(10-16(13)21-28-18(2,3)19(4,5)29-21)25-17(27)26-9-8-14(12-26)11-20(22,23)24;1-16-2-3-18(13(16)19)12-9-10(14)8-11(15-12)17-4-6-20-7-5-17/h3-4,13-15,19H,5-12,16-17H2,1-2H3,(H,31,37);6-7,10,14H,8-9,11-12H2,1-5H3,(H,25,27);8-9H,2-7H2,1H3/t19-;14-;/m00./s1. The SMILES string of the molecule is CN1CCN(c2cc(Cl)cc(N3CCOCC3)n2)C1=O.Cc1ccc(NC(=O)N2CC[C@@H](CC(F)(F)F)C2)cc1-c1cc(N2CCOCC2)nc(N2CCN(C)C2=O)c1.Cc1ccc(NC(=O)N2CC[C@@H](CC(F)(F)F)C2)cc1B1OC(C)(C)C(C)(C)O1. The van der Waals surface area contributed by atoms with Crippen molar-refractivity contribution in [3.63, 3.8) is 0 Å². The second kappa shape index (κ2) is 27.1. The minimum absolute atomic E-state index is 0.0345. The number of carbonyl (C=O) groups excluding carboxylic acids is 4. The van der Waals surface area contributed by atoms with Gasteiger partial charge in [0.2, 0.25) is 0 Å². The van der Waals surface area contributed by atoms with Crippen LogP contribution < -0.4 is 35.7 Å². The first kappa shape index (κ1) is 65.6. The number of anilines is 6. The number of amides is 8. The first-order valence-electron chi connectivity index (χ1n) is 29.7. The van der Waals surface area contributed by atoms with Gasteiger partial charge in [0.05, 0.1) is 37.6 Å². The van der Waals surface area contributed by atoms with Crippen LogP contribution in [0.15, 0.2) is 60.7 Å². The molecule has 0 saturated carbocycles. The Kier molecular flexibility index (Phi) is 20.2. The summed E-state index contributed by atoms with van der Waals surface area (Å²) in [7, 11) is 2.99. The number of nitrogens with zero attached hydrogens (tertiary/aromatic N) is 10. The Balaban J connectivity index is 0.000000166. The Labute approximate surface area is 514 Å². The van der Waals surface area contributed by atoms with E-state index in [0.29, 0.717) is 120 Å². The first-order valence-corrected chi connectivity index (χ1v) is 30.1. The molecule has 8 amide bonds. The van der Waals surface area contributed by atoms with Crippen LogP contribution >= 0.6 is 11.6 Å². The number of aryl methyl sites for hydroxylation is 2. The van der Waals surface area contributed by atoms with Crippen molar-refractivity contribution in [2.24, 2.45) is 11.8 Å². The van der Waals surface area contributed by atoms with Crippen molar-refractivity contribution in [1.82, 2.24) is 29.6 Å². The fraction of sp³-hybridized carbons (Fsp3) is 0.567. The van der Waals surface area contributed by atoms with E-state index < -0.39 is 67.4 Å². The van der Waals surface area contributed by atoms with Crippen molar-refractivity contribution in [1.29, 1.82) is 0 Å². The molecule has 7 fully saturated rings. The molecular formula is C60H78BClF6N12O8. The van der Waals surface area contributed by atoms with E-state index in [9.17, 15) is 45.5 Å². The molecule has 7 aliphatic rings. The van der Waals surface area contributed by atoms with Gasteiger partial charge in [0.1, 0.15) is 23.3 Å². The number of likely N-dealkylation sites (N-methyl/N-ethyl adjacent to an activating group) is 2. The van der Waals surface area contributed by atoms with Crippen molar-refractivity contribution < 1.29 is 64.3 Å². The molecule has 0 aliphatic carbocycles. The molecule has 0 radical (unpaired) electrons. The second-order valence-electron chi connectivity index (χ2n) is 24.4. The van der Waals surface area contributed by atoms with Gasteiger partial charge in [-0.1, -0.05) is 29.3 Å². The summed E-state index contributed by atoms with van der Waals surface area (Å²) in [4.78, 5) is 73.4. The number of likely N-dealkylation sites (tertiary alicyclic amines) is 2. The number of alkyl halides is 6. The van der Waals surface area contributed by atoms with E-state index in [0.717, 1.165) is 52.4 Å². The predicted octanol–water partition coefficient (Wildman–Crippen LogP) is 10.1. The van der Waals surface area contributed by atoms with E-state index in [1.165, 1.54) is 9.80 Å². The van der Waals surface area contributed by atoms with E-state index >= 15 is 0 Å². The minimum atomic E-state index is -4.23. The lowest BCUT2D eigenvalue weighted by molar-refractivity contribution is -0.144. The van der Waals surface area contributed by atoms with Crippen LogP contribution in [0.5, 0.6) is 0 Å². The Bertz CT molecular complexity index is 3160. The number of aromatic nitrogens is 2. The van der Waals surface area contributed by atoms with Crippen LogP contribution in [0.2, 0.25) is 5.02 Å². The van der Waals surface area contributed by atoms with Crippen molar-refractivity contribution >= 4 is 83.0 Å². The number of halogens is 7. The summed E-state index contributed by atoms with van der Waals surface area (Å²) < 4.78 is 99.1. The fourth-order valence-corrected chi connectivity index (χ4v) is 11.6. The molecule has 2 aromatic heterocycles. The van der Waals surface area contributed by atoms with Crippen LogP contribution in [0.3, 0.4) is 0 Å². The van der Waals surface area contributed by atoms with Gasteiger partial charge in [0.25, 0.3) is 0 Å². The number of benzene rings is 2. The summed E-state index contributed by atoms with van der Waals surface area (Å²) in [6, 6.07) is 17.5. The van der Waals surface area contributed by atoms with E-state index in [1.54, 1.807) is 58.0 Å². The van der Waals surface area contributed by atoms with Crippen LogP contribution in [-0.4, -0.2) is 203 Å². The molecule has 11 rings (SSSR count). The lowest BCUT2D eigenvalue weighted by Crippen LogP contribution is -2.41. The maximum atomic E-state index is 12.9. The third-order valence-corrected chi connectivity index (χ3v) is 17.5. The zero-order chi connectivity index (χ0) is 63.5. The molecule has 0 unspecified atom stereocenters. The van der Waals surface area contributed by atoms with Crippen LogP contribution in [-0.2, 0) is 18.8 Å². The molecule has 9 heterocycles. The first-order chi connectivity index (χ1) is 41.5. The molecule has 4 aromatic rings. The number of hydrogen-bond acceptors (Lipinski definition) is 12. The summed E-state index contributed by atoms with van der Waals surface area (Å²) in [5, 5.41) is 6.25. The molecule has 0 bridgehead atoms. The molecule has 20 nitrogen and oxygen atoms in total. The maximum Gasteiger partial charge on any atom is 0.495 e. The van der Waals surface area contributed by atoms with Crippen molar-refractivity contribution in [3.05, 3.63) is 76.8 Å². The van der Waals surface area contributed by atoms with Gasteiger partial charge in [0.15, 0.2) is 0 Å². The third-order valence-electron chi connectivity index (χ3n) is 17.2.